The maximum absolute atomic E-state index is 13.4. The van der Waals surface area contributed by atoms with Crippen molar-refractivity contribution in [2.75, 3.05) is 11.9 Å². The van der Waals surface area contributed by atoms with Gasteiger partial charge in [0.2, 0.25) is 11.8 Å². The molecular formula is C18H19FN2O2. The highest BCUT2D eigenvalue weighted by molar-refractivity contribution is 5.91. The molecule has 0 aliphatic carbocycles. The van der Waals surface area contributed by atoms with Crippen LogP contribution in [0.1, 0.15) is 17.5 Å². The lowest BCUT2D eigenvalue weighted by atomic mass is 10.1. The van der Waals surface area contributed by atoms with E-state index in [-0.39, 0.29) is 37.0 Å². The number of nitrogens with one attached hydrogen (secondary N) is 2. The van der Waals surface area contributed by atoms with Gasteiger partial charge in [0.1, 0.15) is 5.82 Å². The normalized spacial score (nSPS) is 10.2. The van der Waals surface area contributed by atoms with Crippen LogP contribution in [0.2, 0.25) is 0 Å². The van der Waals surface area contributed by atoms with Crippen LogP contribution in [-0.2, 0) is 16.0 Å². The van der Waals surface area contributed by atoms with Crippen molar-refractivity contribution in [1.82, 2.24) is 5.32 Å². The average Bonchev–Trinajstić information content (AvgIpc) is 2.52. The topological polar surface area (TPSA) is 58.2 Å². The molecule has 2 amide bonds. The molecule has 0 heterocycles. The first kappa shape index (κ1) is 16.7. The van der Waals surface area contributed by atoms with Crippen molar-refractivity contribution in [3.63, 3.8) is 0 Å². The van der Waals surface area contributed by atoms with Crippen LogP contribution in [0, 0.1) is 12.7 Å². The Labute approximate surface area is 134 Å². The molecule has 0 radical (unpaired) electrons. The summed E-state index contributed by atoms with van der Waals surface area (Å²) < 4.78 is 13.4. The van der Waals surface area contributed by atoms with Crippen molar-refractivity contribution < 1.29 is 14.0 Å². The molecule has 120 valence electrons. The second-order valence-corrected chi connectivity index (χ2v) is 5.27. The summed E-state index contributed by atoms with van der Waals surface area (Å²) in [6, 6.07) is 13.9. The number of anilines is 1. The first-order chi connectivity index (χ1) is 11.0. The van der Waals surface area contributed by atoms with Crippen molar-refractivity contribution in [3.8, 4) is 0 Å². The van der Waals surface area contributed by atoms with E-state index in [1.54, 1.807) is 19.1 Å². The van der Waals surface area contributed by atoms with Gasteiger partial charge in [0.05, 0.1) is 6.42 Å². The SMILES string of the molecule is Cc1ccc(NC(=O)CCNC(=O)Cc2ccccc2)cc1F. The third-order valence-electron chi connectivity index (χ3n) is 3.34. The Morgan fingerprint density at radius 2 is 1.78 bits per heavy atom. The number of halogens is 1. The molecule has 0 atom stereocenters. The summed E-state index contributed by atoms with van der Waals surface area (Å²) in [5.74, 6) is -0.766. The quantitative estimate of drug-likeness (QED) is 0.861. The van der Waals surface area contributed by atoms with Crippen molar-refractivity contribution in [3.05, 3.63) is 65.5 Å². The number of aryl methyl sites for hydroxylation is 1. The largest absolute Gasteiger partial charge is 0.355 e. The van der Waals surface area contributed by atoms with Gasteiger partial charge in [0.15, 0.2) is 0 Å². The monoisotopic (exact) mass is 314 g/mol. The Morgan fingerprint density at radius 3 is 2.48 bits per heavy atom. The summed E-state index contributed by atoms with van der Waals surface area (Å²) >= 11 is 0. The van der Waals surface area contributed by atoms with Gasteiger partial charge in [-0.3, -0.25) is 9.59 Å². The van der Waals surface area contributed by atoms with Gasteiger partial charge in [0.25, 0.3) is 0 Å². The smallest absolute Gasteiger partial charge is 0.226 e. The highest BCUT2D eigenvalue weighted by Gasteiger charge is 2.07. The van der Waals surface area contributed by atoms with Gasteiger partial charge in [-0.1, -0.05) is 36.4 Å². The molecule has 5 heteroatoms. The maximum atomic E-state index is 13.4. The van der Waals surface area contributed by atoms with Crippen molar-refractivity contribution in [2.24, 2.45) is 0 Å². The summed E-state index contributed by atoms with van der Waals surface area (Å²) in [5, 5.41) is 5.30. The average molecular weight is 314 g/mol. The zero-order valence-corrected chi connectivity index (χ0v) is 12.9. The van der Waals surface area contributed by atoms with E-state index in [1.807, 2.05) is 30.3 Å². The molecule has 2 N–H and O–H groups in total. The van der Waals surface area contributed by atoms with E-state index in [9.17, 15) is 14.0 Å². The molecule has 0 saturated carbocycles. The van der Waals surface area contributed by atoms with E-state index in [0.29, 0.717) is 11.3 Å². The molecule has 4 nitrogen and oxygen atoms in total. The minimum atomic E-state index is -0.362. The van der Waals surface area contributed by atoms with E-state index in [1.165, 1.54) is 6.07 Å². The molecule has 0 aliphatic heterocycles. The number of hydrogen-bond acceptors (Lipinski definition) is 2. The van der Waals surface area contributed by atoms with Crippen molar-refractivity contribution >= 4 is 17.5 Å². The van der Waals surface area contributed by atoms with E-state index < -0.39 is 0 Å². The third kappa shape index (κ3) is 5.54. The Hall–Kier alpha value is -2.69. The van der Waals surface area contributed by atoms with Crippen molar-refractivity contribution in [2.45, 2.75) is 19.8 Å². The van der Waals surface area contributed by atoms with E-state index >= 15 is 0 Å². The van der Waals surface area contributed by atoms with Gasteiger partial charge in [0, 0.05) is 18.7 Å². The zero-order chi connectivity index (χ0) is 16.7. The lowest BCUT2D eigenvalue weighted by Gasteiger charge is -2.07. The molecule has 2 rings (SSSR count). The van der Waals surface area contributed by atoms with E-state index in [4.69, 9.17) is 0 Å². The number of carbonyl (C=O) groups excluding carboxylic acids is 2. The van der Waals surface area contributed by atoms with Gasteiger partial charge in [-0.05, 0) is 30.2 Å². The first-order valence-corrected chi connectivity index (χ1v) is 7.41. The molecule has 0 aromatic heterocycles. The molecule has 0 spiro atoms. The number of amides is 2. The van der Waals surface area contributed by atoms with Crippen LogP contribution >= 0.6 is 0 Å². The highest BCUT2D eigenvalue weighted by atomic mass is 19.1. The highest BCUT2D eigenvalue weighted by Crippen LogP contribution is 2.13. The Bertz CT molecular complexity index is 687. The van der Waals surface area contributed by atoms with Gasteiger partial charge >= 0.3 is 0 Å². The minimum absolute atomic E-state index is 0.134. The molecule has 23 heavy (non-hydrogen) atoms. The maximum Gasteiger partial charge on any atom is 0.226 e. The Balaban J connectivity index is 1.72. The van der Waals surface area contributed by atoms with Crippen LogP contribution in [0.25, 0.3) is 0 Å². The molecule has 2 aromatic rings. The van der Waals surface area contributed by atoms with Crippen LogP contribution in [0.4, 0.5) is 10.1 Å². The van der Waals surface area contributed by atoms with E-state index in [2.05, 4.69) is 10.6 Å². The molecule has 0 saturated heterocycles. The summed E-state index contributed by atoms with van der Waals surface area (Å²) in [4.78, 5) is 23.5. The number of carbonyl (C=O) groups is 2. The van der Waals surface area contributed by atoms with Gasteiger partial charge in [-0.15, -0.1) is 0 Å². The predicted molar refractivity (Wildman–Crippen MR) is 87.5 cm³/mol. The summed E-state index contributed by atoms with van der Waals surface area (Å²) in [5.41, 5.74) is 1.86. The number of rotatable bonds is 6. The Kier molecular flexibility index (Phi) is 5.86. The summed E-state index contributed by atoms with van der Waals surface area (Å²) in [6.45, 7) is 1.90. The fourth-order valence-electron chi connectivity index (χ4n) is 2.05. The van der Waals surface area contributed by atoms with Crippen LogP contribution < -0.4 is 10.6 Å². The summed E-state index contributed by atoms with van der Waals surface area (Å²) in [7, 11) is 0. The van der Waals surface area contributed by atoms with Gasteiger partial charge < -0.3 is 10.6 Å². The first-order valence-electron chi connectivity index (χ1n) is 7.41. The molecule has 2 aromatic carbocycles. The Morgan fingerprint density at radius 1 is 1.04 bits per heavy atom. The molecular weight excluding hydrogens is 295 g/mol. The van der Waals surface area contributed by atoms with Crippen LogP contribution in [0.5, 0.6) is 0 Å². The van der Waals surface area contributed by atoms with Crippen LogP contribution in [0.3, 0.4) is 0 Å². The lowest BCUT2D eigenvalue weighted by molar-refractivity contribution is -0.120. The van der Waals surface area contributed by atoms with Crippen LogP contribution in [0.15, 0.2) is 48.5 Å². The second-order valence-electron chi connectivity index (χ2n) is 5.27. The summed E-state index contributed by atoms with van der Waals surface area (Å²) in [6.07, 6.45) is 0.418. The number of hydrogen-bond donors (Lipinski definition) is 2. The second kappa shape index (κ2) is 8.08. The fourth-order valence-corrected chi connectivity index (χ4v) is 2.05. The fraction of sp³-hybridized carbons (Fsp3) is 0.222. The number of benzene rings is 2. The van der Waals surface area contributed by atoms with Crippen LogP contribution in [-0.4, -0.2) is 18.4 Å². The lowest BCUT2D eigenvalue weighted by Crippen LogP contribution is -2.28. The molecule has 0 fully saturated rings. The zero-order valence-electron chi connectivity index (χ0n) is 12.9. The minimum Gasteiger partial charge on any atom is -0.355 e. The van der Waals surface area contributed by atoms with Gasteiger partial charge in [-0.2, -0.15) is 0 Å². The van der Waals surface area contributed by atoms with Gasteiger partial charge in [-0.25, -0.2) is 4.39 Å². The molecule has 0 unspecified atom stereocenters. The molecule has 0 aliphatic rings. The molecule has 0 bridgehead atoms. The third-order valence-corrected chi connectivity index (χ3v) is 3.34. The van der Waals surface area contributed by atoms with Crippen molar-refractivity contribution in [1.29, 1.82) is 0 Å². The standard InChI is InChI=1S/C18H19FN2O2/c1-13-7-8-15(12-16(13)19)21-17(22)9-10-20-18(23)11-14-5-3-2-4-6-14/h2-8,12H,9-11H2,1H3,(H,20,23)(H,21,22). The van der Waals surface area contributed by atoms with E-state index in [0.717, 1.165) is 5.56 Å². The predicted octanol–water partition coefficient (Wildman–Crippen LogP) is 2.82.